The number of amides is 1. The van der Waals surface area contributed by atoms with Crippen LogP contribution in [0.5, 0.6) is 0 Å². The fourth-order valence-corrected chi connectivity index (χ4v) is 0.340. The molecule has 1 amide bonds. The van der Waals surface area contributed by atoms with Crippen molar-refractivity contribution in [1.29, 1.82) is 0 Å². The molecular formula is C5H13NO4. The fraction of sp³-hybridized carbons (Fsp3) is 0.800. The summed E-state index contributed by atoms with van der Waals surface area (Å²) in [5.41, 5.74) is 0. The summed E-state index contributed by atoms with van der Waals surface area (Å²) < 4.78 is 4.48. The average molecular weight is 151 g/mol. The van der Waals surface area contributed by atoms with Crippen molar-refractivity contribution in [2.75, 3.05) is 19.8 Å². The van der Waals surface area contributed by atoms with E-state index in [0.29, 0.717) is 6.61 Å². The number of hydrogen-bond donors (Lipinski definition) is 2. The van der Waals surface area contributed by atoms with E-state index >= 15 is 0 Å². The van der Waals surface area contributed by atoms with Gasteiger partial charge in [-0.25, -0.2) is 4.79 Å². The number of alkyl carbamates (subject to hydrolysis) is 1. The van der Waals surface area contributed by atoms with E-state index in [1.54, 1.807) is 6.92 Å². The molecular weight excluding hydrogens is 138 g/mol. The first kappa shape index (κ1) is 11.9. The molecule has 5 heteroatoms. The average Bonchev–Trinajstić information content (AvgIpc) is 1.85. The van der Waals surface area contributed by atoms with Gasteiger partial charge in [0.15, 0.2) is 0 Å². The van der Waals surface area contributed by atoms with E-state index in [2.05, 4.69) is 10.1 Å². The first-order valence-corrected chi connectivity index (χ1v) is 2.82. The van der Waals surface area contributed by atoms with E-state index < -0.39 is 6.09 Å². The van der Waals surface area contributed by atoms with Crippen molar-refractivity contribution < 1.29 is 20.1 Å². The lowest BCUT2D eigenvalue weighted by atomic mass is 10.7. The summed E-state index contributed by atoms with van der Waals surface area (Å²) in [4.78, 5) is 10.4. The standard InChI is InChI=1S/C5H11NO3.H2O/c1-2-9-5(8)6-3-4-7;/h7H,2-4H2,1H3,(H,6,8);1H2. The van der Waals surface area contributed by atoms with Crippen LogP contribution in [0.25, 0.3) is 0 Å². The molecule has 0 radical (unpaired) electrons. The monoisotopic (exact) mass is 151 g/mol. The Balaban J connectivity index is 0. The molecule has 0 unspecified atom stereocenters. The number of aliphatic hydroxyl groups excluding tert-OH is 1. The third-order valence-electron chi connectivity index (χ3n) is 0.657. The molecule has 5 nitrogen and oxygen atoms in total. The van der Waals surface area contributed by atoms with Gasteiger partial charge in [-0.3, -0.25) is 0 Å². The van der Waals surface area contributed by atoms with Gasteiger partial charge < -0.3 is 20.6 Å². The molecule has 0 aliphatic heterocycles. The van der Waals surface area contributed by atoms with Gasteiger partial charge in [-0.2, -0.15) is 0 Å². The highest BCUT2D eigenvalue weighted by atomic mass is 16.5. The first-order valence-electron chi connectivity index (χ1n) is 2.82. The number of aliphatic hydroxyl groups is 1. The summed E-state index contributed by atoms with van der Waals surface area (Å²) in [6.07, 6.45) is -0.480. The van der Waals surface area contributed by atoms with Crippen molar-refractivity contribution in [1.82, 2.24) is 5.32 Å². The zero-order valence-corrected chi connectivity index (χ0v) is 5.89. The quantitative estimate of drug-likeness (QED) is 0.536. The SMILES string of the molecule is CCOC(=O)NCCO.O. The molecule has 0 aromatic rings. The molecule has 10 heavy (non-hydrogen) atoms. The minimum atomic E-state index is -0.480. The number of carbonyl (C=O) groups is 1. The summed E-state index contributed by atoms with van der Waals surface area (Å²) >= 11 is 0. The van der Waals surface area contributed by atoms with Crippen LogP contribution in [0.4, 0.5) is 4.79 Å². The molecule has 0 aromatic heterocycles. The first-order chi connectivity index (χ1) is 4.31. The van der Waals surface area contributed by atoms with Gasteiger partial charge in [0, 0.05) is 6.54 Å². The van der Waals surface area contributed by atoms with E-state index in [1.165, 1.54) is 0 Å². The van der Waals surface area contributed by atoms with Crippen molar-refractivity contribution in [3.8, 4) is 0 Å². The van der Waals surface area contributed by atoms with E-state index in [-0.39, 0.29) is 18.6 Å². The third kappa shape index (κ3) is 7.19. The normalized spacial score (nSPS) is 7.80. The van der Waals surface area contributed by atoms with Gasteiger partial charge in [0.1, 0.15) is 0 Å². The van der Waals surface area contributed by atoms with Gasteiger partial charge in [-0.05, 0) is 6.92 Å². The van der Waals surface area contributed by atoms with Crippen LogP contribution in [0, 0.1) is 0 Å². The lowest BCUT2D eigenvalue weighted by molar-refractivity contribution is 0.149. The van der Waals surface area contributed by atoms with Crippen molar-refractivity contribution in [2.24, 2.45) is 0 Å². The van der Waals surface area contributed by atoms with Gasteiger partial charge in [0.05, 0.1) is 13.2 Å². The van der Waals surface area contributed by atoms with Crippen molar-refractivity contribution in [3.63, 3.8) is 0 Å². The highest BCUT2D eigenvalue weighted by Crippen LogP contribution is 1.73. The molecule has 62 valence electrons. The minimum absolute atomic E-state index is 0. The van der Waals surface area contributed by atoms with Gasteiger partial charge in [-0.15, -0.1) is 0 Å². The predicted molar refractivity (Wildman–Crippen MR) is 35.7 cm³/mol. The fourth-order valence-electron chi connectivity index (χ4n) is 0.340. The van der Waals surface area contributed by atoms with Crippen LogP contribution in [-0.2, 0) is 4.74 Å². The summed E-state index contributed by atoms with van der Waals surface area (Å²) in [5, 5.41) is 10.5. The van der Waals surface area contributed by atoms with Gasteiger partial charge in [0.25, 0.3) is 0 Å². The zero-order chi connectivity index (χ0) is 7.11. The van der Waals surface area contributed by atoms with E-state index in [1.807, 2.05) is 0 Å². The number of rotatable bonds is 3. The maximum atomic E-state index is 10.4. The second-order valence-corrected chi connectivity index (χ2v) is 1.37. The number of carbonyl (C=O) groups excluding carboxylic acids is 1. The van der Waals surface area contributed by atoms with Crippen LogP contribution in [0.2, 0.25) is 0 Å². The molecule has 0 bridgehead atoms. The molecule has 0 aliphatic rings. The minimum Gasteiger partial charge on any atom is -0.450 e. The van der Waals surface area contributed by atoms with E-state index in [4.69, 9.17) is 5.11 Å². The molecule has 4 N–H and O–H groups in total. The Kier molecular flexibility index (Phi) is 9.77. The van der Waals surface area contributed by atoms with Gasteiger partial charge >= 0.3 is 6.09 Å². The Morgan fingerprint density at radius 3 is 2.70 bits per heavy atom. The molecule has 0 heterocycles. The molecule has 0 spiro atoms. The Labute approximate surface area is 59.3 Å². The third-order valence-corrected chi connectivity index (χ3v) is 0.657. The largest absolute Gasteiger partial charge is 0.450 e. The van der Waals surface area contributed by atoms with E-state index in [0.717, 1.165) is 0 Å². The Hall–Kier alpha value is -0.810. The summed E-state index contributed by atoms with van der Waals surface area (Å²) in [6, 6.07) is 0. The van der Waals surface area contributed by atoms with Gasteiger partial charge in [-0.1, -0.05) is 0 Å². The van der Waals surface area contributed by atoms with Gasteiger partial charge in [0.2, 0.25) is 0 Å². The molecule has 0 aliphatic carbocycles. The molecule has 0 saturated carbocycles. The van der Waals surface area contributed by atoms with Crippen molar-refractivity contribution in [2.45, 2.75) is 6.92 Å². The highest BCUT2D eigenvalue weighted by molar-refractivity contribution is 5.66. The van der Waals surface area contributed by atoms with E-state index in [9.17, 15) is 4.79 Å². The lowest BCUT2D eigenvalue weighted by Crippen LogP contribution is -2.26. The van der Waals surface area contributed by atoms with Crippen molar-refractivity contribution in [3.05, 3.63) is 0 Å². The second kappa shape index (κ2) is 8.19. The number of hydrogen-bond acceptors (Lipinski definition) is 3. The summed E-state index contributed by atoms with van der Waals surface area (Å²) in [5.74, 6) is 0. The highest BCUT2D eigenvalue weighted by Gasteiger charge is 1.95. The van der Waals surface area contributed by atoms with Crippen LogP contribution in [0.15, 0.2) is 0 Å². The Bertz CT molecular complexity index is 85.7. The van der Waals surface area contributed by atoms with Crippen LogP contribution in [-0.4, -0.2) is 36.4 Å². The topological polar surface area (TPSA) is 90.1 Å². The molecule has 0 rings (SSSR count). The van der Waals surface area contributed by atoms with Crippen LogP contribution in [0.3, 0.4) is 0 Å². The predicted octanol–water partition coefficient (Wildman–Crippen LogP) is -1.10. The van der Waals surface area contributed by atoms with Crippen LogP contribution >= 0.6 is 0 Å². The maximum absolute atomic E-state index is 10.4. The Morgan fingerprint density at radius 1 is 1.70 bits per heavy atom. The molecule has 0 atom stereocenters. The second-order valence-electron chi connectivity index (χ2n) is 1.37. The molecule has 0 saturated heterocycles. The van der Waals surface area contributed by atoms with Crippen molar-refractivity contribution >= 4 is 6.09 Å². The maximum Gasteiger partial charge on any atom is 0.407 e. The molecule has 0 aromatic carbocycles. The lowest BCUT2D eigenvalue weighted by Gasteiger charge is -2.00. The van der Waals surface area contributed by atoms with Crippen LogP contribution in [0.1, 0.15) is 6.92 Å². The number of nitrogens with one attached hydrogen (secondary N) is 1. The zero-order valence-electron chi connectivity index (χ0n) is 5.89. The summed E-state index contributed by atoms with van der Waals surface area (Å²) in [6.45, 7) is 2.27. The van der Waals surface area contributed by atoms with Crippen LogP contribution < -0.4 is 5.32 Å². The molecule has 0 fully saturated rings. The summed E-state index contributed by atoms with van der Waals surface area (Å²) in [7, 11) is 0. The smallest absolute Gasteiger partial charge is 0.407 e. The Morgan fingerprint density at radius 2 is 2.30 bits per heavy atom. The number of ether oxygens (including phenoxy) is 1.